The molecule has 0 spiro atoms. The van der Waals surface area contributed by atoms with Crippen molar-refractivity contribution in [2.24, 2.45) is 0 Å². The average Bonchev–Trinajstić information content (AvgIpc) is 3.22. The third-order valence-electron chi connectivity index (χ3n) is 4.54. The molecule has 3 aromatic rings. The molecule has 5 nitrogen and oxygen atoms in total. The van der Waals surface area contributed by atoms with E-state index in [1.165, 1.54) is 11.8 Å². The maximum atomic E-state index is 12.7. The first-order chi connectivity index (χ1) is 13.3. The number of hydrogen-bond acceptors (Lipinski definition) is 5. The molecule has 1 N–H and O–H groups in total. The summed E-state index contributed by atoms with van der Waals surface area (Å²) in [7, 11) is 0. The molecule has 1 fully saturated rings. The summed E-state index contributed by atoms with van der Waals surface area (Å²) in [6, 6.07) is 14.6. The molecule has 27 heavy (non-hydrogen) atoms. The second-order valence-electron chi connectivity index (χ2n) is 6.60. The molecular formula is C20H22N4OS2. The lowest BCUT2D eigenvalue weighted by molar-refractivity contribution is -0.120. The third kappa shape index (κ3) is 4.25. The minimum Gasteiger partial charge on any atom is -0.351 e. The summed E-state index contributed by atoms with van der Waals surface area (Å²) in [4.78, 5) is 13.8. The summed E-state index contributed by atoms with van der Waals surface area (Å²) in [5, 5.41) is 14.6. The number of carbonyl (C=O) groups excluding carboxylic acids is 1. The molecule has 1 saturated carbocycles. The van der Waals surface area contributed by atoms with Gasteiger partial charge in [0.15, 0.2) is 11.0 Å². The molecule has 1 atom stereocenters. The van der Waals surface area contributed by atoms with E-state index >= 15 is 0 Å². The van der Waals surface area contributed by atoms with Crippen molar-refractivity contribution in [2.45, 2.75) is 49.2 Å². The number of rotatable bonds is 8. The van der Waals surface area contributed by atoms with E-state index in [0.29, 0.717) is 12.6 Å². The smallest absolute Gasteiger partial charge is 0.233 e. The van der Waals surface area contributed by atoms with Gasteiger partial charge in [-0.1, -0.05) is 55.1 Å². The fourth-order valence-corrected chi connectivity index (χ4v) is 4.70. The Hall–Kier alpha value is -2.12. The van der Waals surface area contributed by atoms with Crippen molar-refractivity contribution in [3.05, 3.63) is 53.4 Å². The van der Waals surface area contributed by atoms with Gasteiger partial charge >= 0.3 is 0 Å². The summed E-state index contributed by atoms with van der Waals surface area (Å²) < 4.78 is 2.23. The summed E-state index contributed by atoms with van der Waals surface area (Å²) in [6.45, 7) is 2.59. The number of amides is 1. The summed E-state index contributed by atoms with van der Waals surface area (Å²) in [5.41, 5.74) is 1.10. The van der Waals surface area contributed by atoms with E-state index in [-0.39, 0.29) is 11.2 Å². The zero-order valence-electron chi connectivity index (χ0n) is 15.2. The van der Waals surface area contributed by atoms with Crippen LogP contribution in [0.1, 0.15) is 37.8 Å². The predicted molar refractivity (Wildman–Crippen MR) is 110 cm³/mol. The maximum Gasteiger partial charge on any atom is 0.233 e. The van der Waals surface area contributed by atoms with Crippen molar-refractivity contribution in [1.82, 2.24) is 20.1 Å². The molecular weight excluding hydrogens is 376 g/mol. The molecule has 1 unspecified atom stereocenters. The SMILES string of the molecule is CCC(Sc1nnc(-c2cccs2)n1C1CC1)C(=O)NCc1ccccc1. The number of thiophene rings is 1. The Morgan fingerprint density at radius 3 is 2.74 bits per heavy atom. The van der Waals surface area contributed by atoms with Gasteiger partial charge in [0.2, 0.25) is 5.91 Å². The first kappa shape index (κ1) is 18.3. The van der Waals surface area contributed by atoms with Crippen molar-refractivity contribution in [2.75, 3.05) is 0 Å². The minimum atomic E-state index is -0.174. The standard InChI is InChI=1S/C20H22N4OS2/c1-2-16(19(25)21-13-14-7-4-3-5-8-14)27-20-23-22-18(17-9-6-12-26-17)24(20)15-10-11-15/h3-9,12,15-16H,2,10-11,13H2,1H3,(H,21,25). The number of hydrogen-bond donors (Lipinski definition) is 1. The zero-order chi connectivity index (χ0) is 18.6. The van der Waals surface area contributed by atoms with Crippen LogP contribution in [0.2, 0.25) is 0 Å². The number of nitrogens with one attached hydrogen (secondary N) is 1. The molecule has 2 heterocycles. The molecule has 1 aliphatic rings. The maximum absolute atomic E-state index is 12.7. The molecule has 7 heteroatoms. The monoisotopic (exact) mass is 398 g/mol. The predicted octanol–water partition coefficient (Wildman–Crippen LogP) is 4.53. The minimum absolute atomic E-state index is 0.0503. The number of nitrogens with zero attached hydrogens (tertiary/aromatic N) is 3. The number of aromatic nitrogens is 3. The number of carbonyl (C=O) groups is 1. The van der Waals surface area contributed by atoms with Crippen LogP contribution in [0.25, 0.3) is 10.7 Å². The number of thioether (sulfide) groups is 1. The van der Waals surface area contributed by atoms with Gasteiger partial charge in [0.25, 0.3) is 0 Å². The normalized spacial score (nSPS) is 14.9. The first-order valence-electron chi connectivity index (χ1n) is 9.23. The Labute approximate surface area is 167 Å². The van der Waals surface area contributed by atoms with Gasteiger partial charge in [-0.05, 0) is 36.3 Å². The largest absolute Gasteiger partial charge is 0.351 e. The molecule has 140 valence electrons. The van der Waals surface area contributed by atoms with E-state index < -0.39 is 0 Å². The van der Waals surface area contributed by atoms with E-state index in [9.17, 15) is 4.79 Å². The molecule has 0 radical (unpaired) electrons. The lowest BCUT2D eigenvalue weighted by atomic mass is 10.2. The Balaban J connectivity index is 1.47. The topological polar surface area (TPSA) is 59.8 Å². The Kier molecular flexibility index (Phi) is 5.59. The highest BCUT2D eigenvalue weighted by Gasteiger charge is 2.32. The van der Waals surface area contributed by atoms with Crippen molar-refractivity contribution in [3.63, 3.8) is 0 Å². The molecule has 0 aliphatic heterocycles. The van der Waals surface area contributed by atoms with E-state index in [0.717, 1.165) is 40.7 Å². The Morgan fingerprint density at radius 2 is 2.07 bits per heavy atom. The van der Waals surface area contributed by atoms with Gasteiger partial charge in [-0.2, -0.15) is 0 Å². The van der Waals surface area contributed by atoms with Crippen molar-refractivity contribution < 1.29 is 4.79 Å². The second kappa shape index (κ2) is 8.27. The Bertz CT molecular complexity index is 888. The summed E-state index contributed by atoms with van der Waals surface area (Å²) >= 11 is 3.20. The van der Waals surface area contributed by atoms with Gasteiger partial charge in [0.05, 0.1) is 10.1 Å². The Morgan fingerprint density at radius 1 is 1.26 bits per heavy atom. The molecule has 0 bridgehead atoms. The highest BCUT2D eigenvalue weighted by Crippen LogP contribution is 2.42. The molecule has 4 rings (SSSR count). The van der Waals surface area contributed by atoms with Gasteiger partial charge in [-0.15, -0.1) is 21.5 Å². The summed E-state index contributed by atoms with van der Waals surface area (Å²) in [6.07, 6.45) is 3.05. The van der Waals surface area contributed by atoms with Crippen LogP contribution in [0, 0.1) is 0 Å². The first-order valence-corrected chi connectivity index (χ1v) is 11.0. The molecule has 0 saturated heterocycles. The number of benzene rings is 1. The van der Waals surface area contributed by atoms with Crippen LogP contribution in [-0.2, 0) is 11.3 Å². The van der Waals surface area contributed by atoms with Crippen LogP contribution < -0.4 is 5.32 Å². The van der Waals surface area contributed by atoms with Crippen LogP contribution >= 0.6 is 23.1 Å². The molecule has 1 amide bonds. The molecule has 2 aromatic heterocycles. The lowest BCUT2D eigenvalue weighted by Crippen LogP contribution is -2.32. The van der Waals surface area contributed by atoms with Crippen LogP contribution in [0.5, 0.6) is 0 Å². The van der Waals surface area contributed by atoms with E-state index in [1.807, 2.05) is 43.3 Å². The molecule has 1 aromatic carbocycles. The van der Waals surface area contributed by atoms with E-state index in [4.69, 9.17) is 0 Å². The van der Waals surface area contributed by atoms with Crippen molar-refractivity contribution in [3.8, 4) is 10.7 Å². The molecule has 1 aliphatic carbocycles. The zero-order valence-corrected chi connectivity index (χ0v) is 16.8. The van der Waals surface area contributed by atoms with Gasteiger partial charge in [0, 0.05) is 12.6 Å². The van der Waals surface area contributed by atoms with Gasteiger partial charge in [-0.25, -0.2) is 0 Å². The summed E-state index contributed by atoms with van der Waals surface area (Å²) in [5.74, 6) is 0.976. The fraction of sp³-hybridized carbons (Fsp3) is 0.350. The average molecular weight is 399 g/mol. The fourth-order valence-electron chi connectivity index (χ4n) is 2.94. The van der Waals surface area contributed by atoms with Gasteiger partial charge in [-0.3, -0.25) is 9.36 Å². The highest BCUT2D eigenvalue weighted by atomic mass is 32.2. The van der Waals surface area contributed by atoms with Crippen LogP contribution in [-0.4, -0.2) is 25.9 Å². The van der Waals surface area contributed by atoms with E-state index in [2.05, 4.69) is 31.5 Å². The third-order valence-corrected chi connectivity index (χ3v) is 6.73. The van der Waals surface area contributed by atoms with Crippen LogP contribution in [0.15, 0.2) is 53.0 Å². The van der Waals surface area contributed by atoms with Crippen molar-refractivity contribution in [1.29, 1.82) is 0 Å². The highest BCUT2D eigenvalue weighted by molar-refractivity contribution is 8.00. The quantitative estimate of drug-likeness (QED) is 0.567. The second-order valence-corrected chi connectivity index (χ2v) is 8.72. The van der Waals surface area contributed by atoms with Crippen LogP contribution in [0.4, 0.5) is 0 Å². The van der Waals surface area contributed by atoms with Crippen LogP contribution in [0.3, 0.4) is 0 Å². The lowest BCUT2D eigenvalue weighted by Gasteiger charge is -2.15. The van der Waals surface area contributed by atoms with E-state index in [1.54, 1.807) is 11.3 Å². The van der Waals surface area contributed by atoms with Gasteiger partial charge < -0.3 is 5.32 Å². The van der Waals surface area contributed by atoms with Crippen molar-refractivity contribution >= 4 is 29.0 Å². The van der Waals surface area contributed by atoms with Gasteiger partial charge in [0.1, 0.15) is 0 Å².